The van der Waals surface area contributed by atoms with E-state index in [0.29, 0.717) is 18.2 Å². The van der Waals surface area contributed by atoms with Crippen LogP contribution < -0.4 is 10.3 Å². The minimum absolute atomic E-state index is 0.106. The van der Waals surface area contributed by atoms with Gasteiger partial charge in [0, 0.05) is 24.4 Å². The number of fused-ring (bicyclic) bond motifs is 1. The summed E-state index contributed by atoms with van der Waals surface area (Å²) in [5.74, 6) is 1.34. The molecule has 6 heteroatoms. The molecule has 0 unspecified atom stereocenters. The van der Waals surface area contributed by atoms with Gasteiger partial charge in [0.1, 0.15) is 5.75 Å². The molecule has 2 heterocycles. The van der Waals surface area contributed by atoms with Gasteiger partial charge in [-0.05, 0) is 36.5 Å². The van der Waals surface area contributed by atoms with Gasteiger partial charge < -0.3 is 9.47 Å². The Kier molecular flexibility index (Phi) is 5.42. The van der Waals surface area contributed by atoms with Crippen LogP contribution in [0.4, 0.5) is 0 Å². The highest BCUT2D eigenvalue weighted by atomic mass is 16.5. The third kappa shape index (κ3) is 3.65. The van der Waals surface area contributed by atoms with Gasteiger partial charge in [-0.15, -0.1) is 0 Å². The van der Waals surface area contributed by atoms with Crippen LogP contribution in [-0.4, -0.2) is 28.8 Å². The van der Waals surface area contributed by atoms with Crippen molar-refractivity contribution in [3.8, 4) is 16.9 Å². The topological polar surface area (TPSA) is 68.6 Å². The molecule has 0 aliphatic heterocycles. The summed E-state index contributed by atoms with van der Waals surface area (Å²) in [5, 5.41) is 3.14. The Morgan fingerprint density at radius 2 is 1.92 bits per heavy atom. The van der Waals surface area contributed by atoms with E-state index in [1.165, 1.54) is 4.52 Å². The average molecular weight is 355 g/mol. The van der Waals surface area contributed by atoms with Crippen LogP contribution in [0.2, 0.25) is 0 Å². The van der Waals surface area contributed by atoms with Crippen LogP contribution in [0.15, 0.2) is 35.1 Å². The van der Waals surface area contributed by atoms with Gasteiger partial charge in [0.25, 0.3) is 5.56 Å². The molecule has 0 saturated heterocycles. The Bertz CT molecular complexity index is 939. The SMILES string of the molecule is COCc1[nH]n2c(=O)cc(CCC(C)C)nc2c1-c1ccc(OC)cc1. The Balaban J connectivity index is 2.16. The number of methoxy groups -OCH3 is 2. The van der Waals surface area contributed by atoms with E-state index < -0.39 is 0 Å². The van der Waals surface area contributed by atoms with Crippen LogP contribution >= 0.6 is 0 Å². The molecule has 0 aliphatic carbocycles. The number of hydrogen-bond acceptors (Lipinski definition) is 4. The van der Waals surface area contributed by atoms with Gasteiger partial charge >= 0.3 is 0 Å². The fourth-order valence-corrected chi connectivity index (χ4v) is 3.01. The number of aryl methyl sites for hydroxylation is 1. The lowest BCUT2D eigenvalue weighted by molar-refractivity contribution is 0.181. The molecule has 138 valence electrons. The summed E-state index contributed by atoms with van der Waals surface area (Å²) in [6, 6.07) is 9.34. The standard InChI is InChI=1S/C20H25N3O3/c1-13(2)5-8-15-11-18(24)23-20(21-15)19(17(22-23)12-25-3)14-6-9-16(26-4)10-7-14/h6-7,9-11,13,22H,5,8,12H2,1-4H3. The molecule has 0 bridgehead atoms. The summed E-state index contributed by atoms with van der Waals surface area (Å²) in [7, 11) is 3.27. The second-order valence-electron chi connectivity index (χ2n) is 6.80. The lowest BCUT2D eigenvalue weighted by Crippen LogP contribution is -2.16. The summed E-state index contributed by atoms with van der Waals surface area (Å²) in [5.41, 5.74) is 4.02. The third-order valence-electron chi connectivity index (χ3n) is 4.39. The molecule has 0 amide bonds. The quantitative estimate of drug-likeness (QED) is 0.705. The highest BCUT2D eigenvalue weighted by molar-refractivity contribution is 5.80. The Hall–Kier alpha value is -2.60. The molecule has 6 nitrogen and oxygen atoms in total. The van der Waals surface area contributed by atoms with E-state index in [0.717, 1.165) is 41.1 Å². The highest BCUT2D eigenvalue weighted by Crippen LogP contribution is 2.29. The summed E-state index contributed by atoms with van der Waals surface area (Å²) < 4.78 is 12.0. The van der Waals surface area contributed by atoms with Gasteiger partial charge in [-0.25, -0.2) is 9.50 Å². The van der Waals surface area contributed by atoms with Gasteiger partial charge in [-0.3, -0.25) is 9.89 Å². The number of aromatic nitrogens is 3. The lowest BCUT2D eigenvalue weighted by atomic mass is 10.0. The van der Waals surface area contributed by atoms with Crippen molar-refractivity contribution in [3.63, 3.8) is 0 Å². The number of H-pyrrole nitrogens is 1. The van der Waals surface area contributed by atoms with Crippen LogP contribution in [0.1, 0.15) is 31.7 Å². The zero-order valence-electron chi connectivity index (χ0n) is 15.7. The van der Waals surface area contributed by atoms with E-state index in [2.05, 4.69) is 18.9 Å². The molecule has 1 aromatic carbocycles. The van der Waals surface area contributed by atoms with Crippen LogP contribution in [0.5, 0.6) is 5.75 Å². The van der Waals surface area contributed by atoms with E-state index in [9.17, 15) is 4.79 Å². The highest BCUT2D eigenvalue weighted by Gasteiger charge is 2.17. The molecule has 0 fully saturated rings. The number of nitrogens with zero attached hydrogens (tertiary/aromatic N) is 2. The summed E-state index contributed by atoms with van der Waals surface area (Å²) in [6.45, 7) is 4.70. The molecule has 3 rings (SSSR count). The number of aromatic amines is 1. The van der Waals surface area contributed by atoms with Crippen molar-refractivity contribution in [2.24, 2.45) is 5.92 Å². The van der Waals surface area contributed by atoms with Gasteiger partial charge in [0.2, 0.25) is 0 Å². The number of hydrogen-bond donors (Lipinski definition) is 1. The smallest absolute Gasteiger partial charge is 0.272 e. The summed E-state index contributed by atoms with van der Waals surface area (Å²) in [4.78, 5) is 17.4. The van der Waals surface area contributed by atoms with E-state index in [4.69, 9.17) is 14.5 Å². The van der Waals surface area contributed by atoms with Crippen LogP contribution in [0.25, 0.3) is 16.8 Å². The van der Waals surface area contributed by atoms with Crippen molar-refractivity contribution in [2.45, 2.75) is 33.3 Å². The van der Waals surface area contributed by atoms with Crippen molar-refractivity contribution in [1.29, 1.82) is 0 Å². The Morgan fingerprint density at radius 3 is 2.54 bits per heavy atom. The zero-order chi connectivity index (χ0) is 18.7. The molecule has 0 aliphatic rings. The van der Waals surface area contributed by atoms with Crippen LogP contribution in [-0.2, 0) is 17.8 Å². The van der Waals surface area contributed by atoms with Crippen molar-refractivity contribution in [3.05, 3.63) is 52.1 Å². The van der Waals surface area contributed by atoms with Crippen LogP contribution in [0.3, 0.4) is 0 Å². The molecular formula is C20H25N3O3. The first-order valence-corrected chi connectivity index (χ1v) is 8.80. The molecule has 1 N–H and O–H groups in total. The average Bonchev–Trinajstić information content (AvgIpc) is 2.99. The predicted octanol–water partition coefficient (Wildman–Crippen LogP) is 3.43. The molecule has 26 heavy (non-hydrogen) atoms. The molecule has 0 radical (unpaired) electrons. The largest absolute Gasteiger partial charge is 0.497 e. The Morgan fingerprint density at radius 1 is 1.19 bits per heavy atom. The molecule has 0 saturated carbocycles. The number of ether oxygens (including phenoxy) is 2. The van der Waals surface area contributed by atoms with Gasteiger partial charge in [-0.1, -0.05) is 26.0 Å². The van der Waals surface area contributed by atoms with Crippen molar-refractivity contribution in [1.82, 2.24) is 14.6 Å². The maximum absolute atomic E-state index is 12.6. The lowest BCUT2D eigenvalue weighted by Gasteiger charge is -2.06. The van der Waals surface area contributed by atoms with Crippen molar-refractivity contribution in [2.75, 3.05) is 14.2 Å². The fraction of sp³-hybridized carbons (Fsp3) is 0.400. The van der Waals surface area contributed by atoms with E-state index in [1.54, 1.807) is 20.3 Å². The number of nitrogens with one attached hydrogen (secondary N) is 1. The number of benzene rings is 1. The first-order chi connectivity index (χ1) is 12.5. The fourth-order valence-electron chi connectivity index (χ4n) is 3.01. The third-order valence-corrected chi connectivity index (χ3v) is 4.39. The Labute approximate surface area is 152 Å². The molecule has 0 atom stereocenters. The van der Waals surface area contributed by atoms with E-state index in [-0.39, 0.29) is 5.56 Å². The van der Waals surface area contributed by atoms with Crippen molar-refractivity contribution >= 4 is 5.65 Å². The summed E-state index contributed by atoms with van der Waals surface area (Å²) >= 11 is 0. The normalized spacial score (nSPS) is 11.4. The first-order valence-electron chi connectivity index (χ1n) is 8.80. The second kappa shape index (κ2) is 7.74. The van der Waals surface area contributed by atoms with Gasteiger partial charge in [-0.2, -0.15) is 0 Å². The van der Waals surface area contributed by atoms with E-state index >= 15 is 0 Å². The molecule has 0 spiro atoms. The minimum Gasteiger partial charge on any atom is -0.497 e. The molecule has 3 aromatic rings. The van der Waals surface area contributed by atoms with E-state index in [1.807, 2.05) is 24.3 Å². The monoisotopic (exact) mass is 355 g/mol. The molecular weight excluding hydrogens is 330 g/mol. The first kappa shape index (κ1) is 18.2. The van der Waals surface area contributed by atoms with Crippen LogP contribution in [0, 0.1) is 5.92 Å². The second-order valence-corrected chi connectivity index (χ2v) is 6.80. The molecule has 2 aromatic heterocycles. The zero-order valence-corrected chi connectivity index (χ0v) is 15.7. The van der Waals surface area contributed by atoms with Crippen molar-refractivity contribution < 1.29 is 9.47 Å². The van der Waals surface area contributed by atoms with Gasteiger partial charge in [0.15, 0.2) is 5.65 Å². The van der Waals surface area contributed by atoms with Gasteiger partial charge in [0.05, 0.1) is 19.4 Å². The minimum atomic E-state index is -0.106. The predicted molar refractivity (Wildman–Crippen MR) is 102 cm³/mol. The number of rotatable bonds is 7. The maximum atomic E-state index is 12.6. The maximum Gasteiger partial charge on any atom is 0.272 e. The summed E-state index contributed by atoms with van der Waals surface area (Å²) in [6.07, 6.45) is 1.78.